The molecule has 0 fully saturated rings. The fourth-order valence-electron chi connectivity index (χ4n) is 3.74. The van der Waals surface area contributed by atoms with Gasteiger partial charge in [0, 0.05) is 11.3 Å². The summed E-state index contributed by atoms with van der Waals surface area (Å²) in [6.45, 7) is 9.34. The van der Waals surface area contributed by atoms with Gasteiger partial charge in [0.2, 0.25) is 0 Å². The van der Waals surface area contributed by atoms with Crippen molar-refractivity contribution < 1.29 is 28.6 Å². The van der Waals surface area contributed by atoms with Crippen LogP contribution in [0.25, 0.3) is 0 Å². The zero-order chi connectivity index (χ0) is 25.7. The molecule has 0 radical (unpaired) electrons. The Balaban J connectivity index is 2.65. The number of hydrogen-bond donors (Lipinski definition) is 0. The van der Waals surface area contributed by atoms with Gasteiger partial charge in [0.05, 0.1) is 35.7 Å². The number of rotatable bonds is 8. The van der Waals surface area contributed by atoms with Crippen molar-refractivity contribution in [2.24, 2.45) is 10.9 Å². The van der Waals surface area contributed by atoms with Crippen molar-refractivity contribution in [3.63, 3.8) is 0 Å². The molecule has 1 aromatic rings. The van der Waals surface area contributed by atoms with Crippen LogP contribution in [0.15, 0.2) is 41.4 Å². The summed E-state index contributed by atoms with van der Waals surface area (Å²) in [6.07, 6.45) is 2.75. The molecule has 0 saturated carbocycles. The monoisotopic (exact) mass is 509 g/mol. The van der Waals surface area contributed by atoms with Crippen LogP contribution in [0.2, 0.25) is 0 Å². The highest BCUT2D eigenvalue weighted by Crippen LogP contribution is 2.52. The van der Waals surface area contributed by atoms with E-state index in [1.807, 2.05) is 38.1 Å². The molecule has 0 spiro atoms. The van der Waals surface area contributed by atoms with E-state index in [9.17, 15) is 14.4 Å². The second-order valence-electron chi connectivity index (χ2n) is 9.17. The summed E-state index contributed by atoms with van der Waals surface area (Å²) in [7, 11) is 2.43. The van der Waals surface area contributed by atoms with Gasteiger partial charge >= 0.3 is 17.9 Å². The Labute approximate surface area is 210 Å². The van der Waals surface area contributed by atoms with Crippen LogP contribution >= 0.6 is 23.4 Å². The number of ether oxygens (including phenoxy) is 3. The second kappa shape index (κ2) is 11.4. The number of nitrogens with zero attached hydrogens (tertiary/aromatic N) is 1. The number of esters is 3. The van der Waals surface area contributed by atoms with Gasteiger partial charge in [-0.15, -0.1) is 23.4 Å². The molecule has 0 saturated heterocycles. The average Bonchev–Trinajstić information content (AvgIpc) is 3.06. The van der Waals surface area contributed by atoms with Crippen LogP contribution < -0.4 is 0 Å². The third-order valence-corrected chi connectivity index (χ3v) is 6.78. The van der Waals surface area contributed by atoms with Crippen LogP contribution in [0.1, 0.15) is 46.6 Å². The molecular weight excluding hydrogens is 478 g/mol. The van der Waals surface area contributed by atoms with E-state index in [0.717, 1.165) is 5.56 Å². The molecule has 7 nitrogen and oxygen atoms in total. The highest BCUT2D eigenvalue weighted by atomic mass is 35.5. The molecule has 2 atom stereocenters. The Kier molecular flexibility index (Phi) is 9.37. The summed E-state index contributed by atoms with van der Waals surface area (Å²) in [5.74, 6) is -3.25. The summed E-state index contributed by atoms with van der Waals surface area (Å²) in [5, 5.41) is -0.0540. The Morgan fingerprint density at radius 1 is 1.12 bits per heavy atom. The molecule has 1 heterocycles. The van der Waals surface area contributed by atoms with Gasteiger partial charge in [0.25, 0.3) is 0 Å². The van der Waals surface area contributed by atoms with Crippen molar-refractivity contribution in [2.75, 3.05) is 14.2 Å². The van der Waals surface area contributed by atoms with E-state index in [-0.39, 0.29) is 11.7 Å². The van der Waals surface area contributed by atoms with E-state index < -0.39 is 40.2 Å². The topological polar surface area (TPSA) is 91.3 Å². The SMILES string of the molecule is COC(=O)C(CC1(C(Cl)/C=C/C(=O)OC(C)(C)C)C(SC(C)C)=Nc2ccccc21)C(=O)OC. The standard InChI is InChI=1S/C25H32ClNO6S/c1-15(2)34-23-25(17-10-8-9-11-18(17)27-23,14-16(21(29)31-6)22(30)32-7)19(26)12-13-20(28)33-24(3,4)5/h8-13,15-16,19H,14H2,1-7H3/b13-12+. The predicted molar refractivity (Wildman–Crippen MR) is 135 cm³/mol. The highest BCUT2D eigenvalue weighted by Gasteiger charge is 2.52. The number of para-hydroxylation sites is 1. The summed E-state index contributed by atoms with van der Waals surface area (Å²) < 4.78 is 15.2. The fourth-order valence-corrected chi connectivity index (χ4v) is 5.31. The molecule has 2 rings (SSSR count). The minimum Gasteiger partial charge on any atom is -0.468 e. The zero-order valence-corrected chi connectivity index (χ0v) is 22.2. The zero-order valence-electron chi connectivity index (χ0n) is 20.6. The van der Waals surface area contributed by atoms with Crippen molar-refractivity contribution >= 4 is 52.0 Å². The Morgan fingerprint density at radius 2 is 1.71 bits per heavy atom. The maximum absolute atomic E-state index is 12.6. The molecule has 9 heteroatoms. The molecule has 0 N–H and O–H groups in total. The lowest BCUT2D eigenvalue weighted by Crippen LogP contribution is -2.45. The number of methoxy groups -OCH3 is 2. The number of carbonyl (C=O) groups excluding carboxylic acids is 3. The molecule has 0 aromatic heterocycles. The van der Waals surface area contributed by atoms with Crippen molar-refractivity contribution in [1.82, 2.24) is 0 Å². The Morgan fingerprint density at radius 3 is 2.24 bits per heavy atom. The number of alkyl halides is 1. The first-order valence-electron chi connectivity index (χ1n) is 10.9. The molecular formula is C25H32ClNO6S. The number of carbonyl (C=O) groups is 3. The number of aliphatic imine (C=N–C) groups is 1. The quantitative estimate of drug-likeness (QED) is 0.161. The summed E-state index contributed by atoms with van der Waals surface area (Å²) in [6, 6.07) is 7.42. The number of halogens is 1. The first-order valence-corrected chi connectivity index (χ1v) is 12.2. The van der Waals surface area contributed by atoms with Crippen LogP contribution in [0, 0.1) is 5.92 Å². The van der Waals surface area contributed by atoms with Gasteiger partial charge < -0.3 is 14.2 Å². The predicted octanol–water partition coefficient (Wildman–Crippen LogP) is 4.97. The Hall–Kier alpha value is -2.32. The molecule has 186 valence electrons. The lowest BCUT2D eigenvalue weighted by atomic mass is 9.72. The first-order chi connectivity index (χ1) is 15.9. The first kappa shape index (κ1) is 27.9. The van der Waals surface area contributed by atoms with Crippen LogP contribution in [0.5, 0.6) is 0 Å². The molecule has 1 aliphatic heterocycles. The lowest BCUT2D eigenvalue weighted by molar-refractivity contribution is -0.159. The minimum absolute atomic E-state index is 0.0469. The Bertz CT molecular complexity index is 968. The fraction of sp³-hybridized carbons (Fsp3) is 0.520. The third kappa shape index (κ3) is 6.42. The van der Waals surface area contributed by atoms with Gasteiger partial charge in [-0.25, -0.2) is 9.79 Å². The number of hydrogen-bond acceptors (Lipinski definition) is 8. The van der Waals surface area contributed by atoms with E-state index in [1.165, 1.54) is 38.1 Å². The molecule has 0 bridgehead atoms. The lowest BCUT2D eigenvalue weighted by Gasteiger charge is -2.37. The van der Waals surface area contributed by atoms with Crippen molar-refractivity contribution in [2.45, 2.75) is 62.7 Å². The summed E-state index contributed by atoms with van der Waals surface area (Å²) in [4.78, 5) is 42.4. The highest BCUT2D eigenvalue weighted by molar-refractivity contribution is 8.14. The number of thioether (sulfide) groups is 1. The van der Waals surface area contributed by atoms with Gasteiger partial charge in [0.15, 0.2) is 5.92 Å². The molecule has 0 aliphatic carbocycles. The largest absolute Gasteiger partial charge is 0.468 e. The van der Waals surface area contributed by atoms with E-state index >= 15 is 0 Å². The van der Waals surface area contributed by atoms with Crippen LogP contribution in [-0.4, -0.2) is 53.4 Å². The minimum atomic E-state index is -1.24. The van der Waals surface area contributed by atoms with Crippen molar-refractivity contribution in [3.8, 4) is 0 Å². The van der Waals surface area contributed by atoms with Crippen LogP contribution in [0.4, 0.5) is 5.69 Å². The summed E-state index contributed by atoms with van der Waals surface area (Å²) >= 11 is 8.50. The summed E-state index contributed by atoms with van der Waals surface area (Å²) in [5.41, 5.74) is -0.305. The van der Waals surface area contributed by atoms with Gasteiger partial charge in [0.1, 0.15) is 5.60 Å². The normalized spacial score (nSPS) is 18.6. The molecule has 2 unspecified atom stereocenters. The van der Waals surface area contributed by atoms with E-state index in [0.29, 0.717) is 10.7 Å². The van der Waals surface area contributed by atoms with Gasteiger partial charge in [-0.05, 0) is 38.8 Å². The third-order valence-electron chi connectivity index (χ3n) is 5.11. The molecule has 0 amide bonds. The average molecular weight is 510 g/mol. The molecule has 1 aromatic carbocycles. The number of fused-ring (bicyclic) bond motifs is 1. The smallest absolute Gasteiger partial charge is 0.330 e. The second-order valence-corrected chi connectivity index (χ2v) is 11.2. The number of benzene rings is 1. The molecule has 1 aliphatic rings. The van der Waals surface area contributed by atoms with Crippen molar-refractivity contribution in [1.29, 1.82) is 0 Å². The molecule has 34 heavy (non-hydrogen) atoms. The van der Waals surface area contributed by atoms with Gasteiger partial charge in [-0.3, -0.25) is 9.59 Å². The van der Waals surface area contributed by atoms with Crippen molar-refractivity contribution in [3.05, 3.63) is 42.0 Å². The van der Waals surface area contributed by atoms with Crippen LogP contribution in [-0.2, 0) is 34.0 Å². The van der Waals surface area contributed by atoms with E-state index in [4.69, 9.17) is 30.8 Å². The maximum atomic E-state index is 12.6. The van der Waals surface area contributed by atoms with Gasteiger partial charge in [-0.1, -0.05) is 38.1 Å². The van der Waals surface area contributed by atoms with Gasteiger partial charge in [-0.2, -0.15) is 0 Å². The van der Waals surface area contributed by atoms with Crippen LogP contribution in [0.3, 0.4) is 0 Å². The number of allylic oxidation sites excluding steroid dienone is 1. The van der Waals surface area contributed by atoms with E-state index in [2.05, 4.69) is 0 Å². The maximum Gasteiger partial charge on any atom is 0.330 e. The van der Waals surface area contributed by atoms with E-state index in [1.54, 1.807) is 20.8 Å².